The van der Waals surface area contributed by atoms with Crippen molar-refractivity contribution in [2.75, 3.05) is 46.8 Å². The van der Waals surface area contributed by atoms with Gasteiger partial charge in [0.15, 0.2) is 0 Å². The highest BCUT2D eigenvalue weighted by Crippen LogP contribution is 2.35. The fourth-order valence-electron chi connectivity index (χ4n) is 3.31. The first-order chi connectivity index (χ1) is 9.12. The molecule has 1 fully saturated rings. The van der Waals surface area contributed by atoms with Crippen molar-refractivity contribution in [1.82, 2.24) is 9.80 Å². The van der Waals surface area contributed by atoms with Crippen LogP contribution in [0.2, 0.25) is 0 Å². The van der Waals surface area contributed by atoms with E-state index < -0.39 is 0 Å². The van der Waals surface area contributed by atoms with Crippen LogP contribution in [0.15, 0.2) is 0 Å². The molecule has 0 amide bonds. The van der Waals surface area contributed by atoms with E-state index in [1.807, 2.05) is 0 Å². The highest BCUT2D eigenvalue weighted by Gasteiger charge is 2.31. The summed E-state index contributed by atoms with van der Waals surface area (Å²) in [5.41, 5.74) is 6.57. The number of rotatable bonds is 8. The molecule has 0 unspecified atom stereocenters. The van der Waals surface area contributed by atoms with Crippen molar-refractivity contribution in [2.24, 2.45) is 11.1 Å². The second kappa shape index (κ2) is 8.93. The SMILES string of the molecule is CCCN(CCN(C)C)CC1(CN)CCCCCC1. The maximum Gasteiger partial charge on any atom is 0.0109 e. The molecule has 0 aromatic rings. The molecule has 2 N–H and O–H groups in total. The van der Waals surface area contributed by atoms with Crippen LogP contribution in [0, 0.1) is 5.41 Å². The van der Waals surface area contributed by atoms with Gasteiger partial charge < -0.3 is 15.5 Å². The number of nitrogens with two attached hydrogens (primary N) is 1. The van der Waals surface area contributed by atoms with E-state index in [0.717, 1.165) is 13.1 Å². The average molecular weight is 269 g/mol. The van der Waals surface area contributed by atoms with Crippen molar-refractivity contribution in [3.63, 3.8) is 0 Å². The van der Waals surface area contributed by atoms with Gasteiger partial charge in [-0.1, -0.05) is 32.6 Å². The molecule has 1 rings (SSSR count). The normalized spacial score (nSPS) is 19.9. The van der Waals surface area contributed by atoms with Crippen molar-refractivity contribution in [3.8, 4) is 0 Å². The van der Waals surface area contributed by atoms with Crippen molar-refractivity contribution < 1.29 is 0 Å². The molecule has 1 aliphatic carbocycles. The lowest BCUT2D eigenvalue weighted by atomic mass is 9.80. The Bertz CT molecular complexity index is 220. The summed E-state index contributed by atoms with van der Waals surface area (Å²) in [6.45, 7) is 7.92. The lowest BCUT2D eigenvalue weighted by Gasteiger charge is -2.37. The summed E-state index contributed by atoms with van der Waals surface area (Å²) in [5, 5.41) is 0. The van der Waals surface area contributed by atoms with Crippen LogP contribution in [0.1, 0.15) is 51.9 Å². The Morgan fingerprint density at radius 2 is 1.58 bits per heavy atom. The second-order valence-corrected chi connectivity index (χ2v) is 6.70. The fraction of sp³-hybridized carbons (Fsp3) is 1.00. The zero-order valence-corrected chi connectivity index (χ0v) is 13.5. The number of hydrogen-bond acceptors (Lipinski definition) is 3. The summed E-state index contributed by atoms with van der Waals surface area (Å²) < 4.78 is 0. The Labute approximate surface area is 120 Å². The largest absolute Gasteiger partial charge is 0.330 e. The van der Waals surface area contributed by atoms with E-state index in [4.69, 9.17) is 5.73 Å². The van der Waals surface area contributed by atoms with E-state index >= 15 is 0 Å². The molecule has 1 saturated carbocycles. The van der Waals surface area contributed by atoms with Gasteiger partial charge in [-0.2, -0.15) is 0 Å². The van der Waals surface area contributed by atoms with E-state index in [1.54, 1.807) is 0 Å². The van der Waals surface area contributed by atoms with Crippen LogP contribution in [-0.4, -0.2) is 56.6 Å². The molecule has 0 spiro atoms. The number of likely N-dealkylation sites (N-methyl/N-ethyl adjacent to an activating group) is 1. The summed E-state index contributed by atoms with van der Waals surface area (Å²) in [4.78, 5) is 4.93. The molecule has 0 aromatic heterocycles. The molecule has 0 atom stereocenters. The minimum Gasteiger partial charge on any atom is -0.330 e. The summed E-state index contributed by atoms with van der Waals surface area (Å²) in [5.74, 6) is 0. The highest BCUT2D eigenvalue weighted by molar-refractivity contribution is 4.86. The molecule has 3 heteroatoms. The first kappa shape index (κ1) is 16.9. The van der Waals surface area contributed by atoms with Gasteiger partial charge >= 0.3 is 0 Å². The molecule has 19 heavy (non-hydrogen) atoms. The Hall–Kier alpha value is -0.120. The zero-order chi connectivity index (χ0) is 14.1. The summed E-state index contributed by atoms with van der Waals surface area (Å²) in [6.07, 6.45) is 9.50. The van der Waals surface area contributed by atoms with Gasteiger partial charge in [0, 0.05) is 19.6 Å². The maximum absolute atomic E-state index is 6.17. The Kier molecular flexibility index (Phi) is 7.96. The van der Waals surface area contributed by atoms with Crippen molar-refractivity contribution in [2.45, 2.75) is 51.9 Å². The molecule has 1 aliphatic rings. The lowest BCUT2D eigenvalue weighted by Crippen LogP contribution is -2.44. The van der Waals surface area contributed by atoms with Gasteiger partial charge in [0.1, 0.15) is 0 Å². The first-order valence-corrected chi connectivity index (χ1v) is 8.19. The Morgan fingerprint density at radius 1 is 0.947 bits per heavy atom. The van der Waals surface area contributed by atoms with Crippen molar-refractivity contribution in [1.29, 1.82) is 0 Å². The number of nitrogens with zero attached hydrogens (tertiary/aromatic N) is 2. The molecule has 0 radical (unpaired) electrons. The first-order valence-electron chi connectivity index (χ1n) is 8.19. The van der Waals surface area contributed by atoms with Gasteiger partial charge in [0.25, 0.3) is 0 Å². The monoisotopic (exact) mass is 269 g/mol. The molecule has 0 aliphatic heterocycles. The third-order valence-corrected chi connectivity index (χ3v) is 4.56. The minimum absolute atomic E-state index is 0.401. The van der Waals surface area contributed by atoms with Crippen LogP contribution in [0.25, 0.3) is 0 Å². The van der Waals surface area contributed by atoms with E-state index in [1.165, 1.54) is 64.6 Å². The highest BCUT2D eigenvalue weighted by atomic mass is 15.2. The summed E-state index contributed by atoms with van der Waals surface area (Å²) in [7, 11) is 4.32. The second-order valence-electron chi connectivity index (χ2n) is 6.70. The molecule has 0 saturated heterocycles. The molecule has 0 heterocycles. The summed E-state index contributed by atoms with van der Waals surface area (Å²) >= 11 is 0. The average Bonchev–Trinajstić information content (AvgIpc) is 2.62. The third kappa shape index (κ3) is 6.24. The Balaban J connectivity index is 2.56. The quantitative estimate of drug-likeness (QED) is 0.687. The van der Waals surface area contributed by atoms with E-state index in [9.17, 15) is 0 Å². The topological polar surface area (TPSA) is 32.5 Å². The van der Waals surface area contributed by atoms with Gasteiger partial charge in [0.05, 0.1) is 0 Å². The molecule has 114 valence electrons. The van der Waals surface area contributed by atoms with Gasteiger partial charge in [-0.15, -0.1) is 0 Å². The predicted octanol–water partition coefficient (Wildman–Crippen LogP) is 2.56. The van der Waals surface area contributed by atoms with Crippen LogP contribution < -0.4 is 5.73 Å². The van der Waals surface area contributed by atoms with Crippen molar-refractivity contribution in [3.05, 3.63) is 0 Å². The third-order valence-electron chi connectivity index (χ3n) is 4.56. The fourth-order valence-corrected chi connectivity index (χ4v) is 3.31. The molecule has 0 aromatic carbocycles. The smallest absolute Gasteiger partial charge is 0.0109 e. The van der Waals surface area contributed by atoms with E-state index in [0.29, 0.717) is 5.41 Å². The van der Waals surface area contributed by atoms with Crippen LogP contribution in [0.3, 0.4) is 0 Å². The molecular weight excluding hydrogens is 234 g/mol. The van der Waals surface area contributed by atoms with Crippen molar-refractivity contribution >= 4 is 0 Å². The van der Waals surface area contributed by atoms with E-state index in [-0.39, 0.29) is 0 Å². The maximum atomic E-state index is 6.17. The van der Waals surface area contributed by atoms with E-state index in [2.05, 4.69) is 30.8 Å². The van der Waals surface area contributed by atoms with Crippen LogP contribution in [-0.2, 0) is 0 Å². The van der Waals surface area contributed by atoms with Crippen LogP contribution >= 0.6 is 0 Å². The number of hydrogen-bond donors (Lipinski definition) is 1. The lowest BCUT2D eigenvalue weighted by molar-refractivity contribution is 0.128. The van der Waals surface area contributed by atoms with Gasteiger partial charge in [0.2, 0.25) is 0 Å². The van der Waals surface area contributed by atoms with Gasteiger partial charge in [-0.25, -0.2) is 0 Å². The standard InChI is InChI=1S/C16H35N3/c1-4-11-19(13-12-18(2)3)15-16(14-17)9-7-5-6-8-10-16/h4-15,17H2,1-3H3. The van der Waals surface area contributed by atoms with Crippen LogP contribution in [0.4, 0.5) is 0 Å². The molecule has 0 bridgehead atoms. The van der Waals surface area contributed by atoms with Crippen LogP contribution in [0.5, 0.6) is 0 Å². The van der Waals surface area contributed by atoms with Gasteiger partial charge in [-0.3, -0.25) is 0 Å². The zero-order valence-electron chi connectivity index (χ0n) is 13.5. The summed E-state index contributed by atoms with van der Waals surface area (Å²) in [6, 6.07) is 0. The minimum atomic E-state index is 0.401. The molecule has 3 nitrogen and oxygen atoms in total. The Morgan fingerprint density at radius 3 is 2.05 bits per heavy atom. The predicted molar refractivity (Wildman–Crippen MR) is 84.5 cm³/mol. The van der Waals surface area contributed by atoms with Gasteiger partial charge in [-0.05, 0) is 51.9 Å². The molecular formula is C16H35N3.